The predicted molar refractivity (Wildman–Crippen MR) is 113 cm³/mol. The fraction of sp³-hybridized carbons (Fsp3) is 0.286. The maximum absolute atomic E-state index is 12.3. The van der Waals surface area contributed by atoms with E-state index in [0.29, 0.717) is 23.4 Å². The van der Waals surface area contributed by atoms with E-state index in [2.05, 4.69) is 16.0 Å². The first kappa shape index (κ1) is 20.0. The number of carbonyl (C=O) groups excluding carboxylic acids is 2. The number of aryl methyl sites for hydroxylation is 1. The highest BCUT2D eigenvalue weighted by molar-refractivity contribution is 7.80. The van der Waals surface area contributed by atoms with Crippen LogP contribution in [0.25, 0.3) is 0 Å². The first-order valence-corrected chi connectivity index (χ1v) is 9.61. The van der Waals surface area contributed by atoms with Gasteiger partial charge in [0, 0.05) is 30.0 Å². The standard InChI is InChI=1S/C21H23N3O3S/c1-14-5-2-3-7-18(14)20(26)24-21(28)23-16-10-8-15(9-11-16)19(25)22-13-17-6-4-12-27-17/h2-3,5,7-11,17H,4,6,12-13H2,1H3,(H,22,25)(H2,23,24,26,28)/t17-/m0/s1. The topological polar surface area (TPSA) is 79.5 Å². The molecule has 0 unspecified atom stereocenters. The van der Waals surface area contributed by atoms with Crippen molar-refractivity contribution < 1.29 is 14.3 Å². The molecule has 0 saturated carbocycles. The summed E-state index contributed by atoms with van der Waals surface area (Å²) in [5.41, 5.74) is 2.69. The van der Waals surface area contributed by atoms with Gasteiger partial charge in [0.25, 0.3) is 11.8 Å². The van der Waals surface area contributed by atoms with E-state index in [1.807, 2.05) is 19.1 Å². The molecule has 1 aliphatic heterocycles. The smallest absolute Gasteiger partial charge is 0.257 e. The van der Waals surface area contributed by atoms with Crippen molar-refractivity contribution in [3.8, 4) is 0 Å². The molecule has 7 heteroatoms. The molecular formula is C21H23N3O3S. The van der Waals surface area contributed by atoms with Gasteiger partial charge in [0.1, 0.15) is 0 Å². The molecule has 0 spiro atoms. The Hall–Kier alpha value is -2.77. The Balaban J connectivity index is 1.50. The average molecular weight is 398 g/mol. The summed E-state index contributed by atoms with van der Waals surface area (Å²) in [6.07, 6.45) is 2.13. The number of hydrogen-bond acceptors (Lipinski definition) is 4. The van der Waals surface area contributed by atoms with Crippen molar-refractivity contribution in [3.05, 3.63) is 65.2 Å². The average Bonchev–Trinajstić information content (AvgIpc) is 3.20. The minimum absolute atomic E-state index is 0.110. The normalized spacial score (nSPS) is 15.7. The van der Waals surface area contributed by atoms with Gasteiger partial charge in [-0.2, -0.15) is 0 Å². The lowest BCUT2D eigenvalue weighted by Crippen LogP contribution is -2.34. The van der Waals surface area contributed by atoms with Crippen molar-refractivity contribution in [1.82, 2.24) is 10.6 Å². The van der Waals surface area contributed by atoms with Gasteiger partial charge in [-0.25, -0.2) is 0 Å². The number of rotatable bonds is 5. The molecule has 1 saturated heterocycles. The van der Waals surface area contributed by atoms with Crippen LogP contribution in [0.3, 0.4) is 0 Å². The molecule has 3 rings (SSSR count). The Kier molecular flexibility index (Phi) is 6.73. The monoisotopic (exact) mass is 397 g/mol. The van der Waals surface area contributed by atoms with Gasteiger partial charge in [0.15, 0.2) is 5.11 Å². The van der Waals surface area contributed by atoms with Crippen molar-refractivity contribution in [2.45, 2.75) is 25.9 Å². The van der Waals surface area contributed by atoms with Gasteiger partial charge >= 0.3 is 0 Å². The van der Waals surface area contributed by atoms with Gasteiger partial charge in [-0.1, -0.05) is 18.2 Å². The first-order chi connectivity index (χ1) is 13.5. The number of anilines is 1. The minimum Gasteiger partial charge on any atom is -0.376 e. The molecule has 1 aliphatic rings. The molecule has 28 heavy (non-hydrogen) atoms. The maximum atomic E-state index is 12.3. The van der Waals surface area contributed by atoms with E-state index in [4.69, 9.17) is 17.0 Å². The van der Waals surface area contributed by atoms with Crippen LogP contribution in [0, 0.1) is 6.92 Å². The zero-order chi connectivity index (χ0) is 19.9. The van der Waals surface area contributed by atoms with Crippen LogP contribution in [0.1, 0.15) is 39.1 Å². The van der Waals surface area contributed by atoms with E-state index in [1.165, 1.54) is 0 Å². The zero-order valence-electron chi connectivity index (χ0n) is 15.7. The Morgan fingerprint density at radius 3 is 2.54 bits per heavy atom. The number of nitrogens with one attached hydrogen (secondary N) is 3. The molecule has 1 atom stereocenters. The second-order valence-corrected chi connectivity index (χ2v) is 7.05. The first-order valence-electron chi connectivity index (χ1n) is 9.21. The van der Waals surface area contributed by atoms with Crippen LogP contribution in [0.4, 0.5) is 5.69 Å². The summed E-state index contributed by atoms with van der Waals surface area (Å²) in [5.74, 6) is -0.404. The molecule has 1 fully saturated rings. The number of amides is 2. The van der Waals surface area contributed by atoms with Gasteiger partial charge in [-0.05, 0) is 67.9 Å². The molecule has 0 bridgehead atoms. The summed E-state index contributed by atoms with van der Waals surface area (Å²) in [5, 5.41) is 8.70. The predicted octanol–water partition coefficient (Wildman–Crippen LogP) is 3.03. The van der Waals surface area contributed by atoms with Gasteiger partial charge in [0.2, 0.25) is 0 Å². The van der Waals surface area contributed by atoms with Crippen molar-refractivity contribution >= 4 is 34.8 Å². The van der Waals surface area contributed by atoms with Crippen LogP contribution in [-0.2, 0) is 4.74 Å². The van der Waals surface area contributed by atoms with Gasteiger partial charge < -0.3 is 15.4 Å². The van der Waals surface area contributed by atoms with E-state index in [0.717, 1.165) is 25.0 Å². The van der Waals surface area contributed by atoms with Crippen molar-refractivity contribution in [3.63, 3.8) is 0 Å². The molecule has 0 radical (unpaired) electrons. The van der Waals surface area contributed by atoms with Crippen LogP contribution in [0.5, 0.6) is 0 Å². The Morgan fingerprint density at radius 1 is 1.11 bits per heavy atom. The lowest BCUT2D eigenvalue weighted by atomic mass is 10.1. The van der Waals surface area contributed by atoms with Crippen LogP contribution in [0.15, 0.2) is 48.5 Å². The summed E-state index contributed by atoms with van der Waals surface area (Å²) >= 11 is 5.21. The quantitative estimate of drug-likeness (QED) is 0.676. The second-order valence-electron chi connectivity index (χ2n) is 6.65. The van der Waals surface area contributed by atoms with E-state index in [1.54, 1.807) is 36.4 Å². The van der Waals surface area contributed by atoms with Crippen LogP contribution < -0.4 is 16.0 Å². The molecule has 146 valence electrons. The summed E-state index contributed by atoms with van der Waals surface area (Å²) in [6, 6.07) is 14.2. The van der Waals surface area contributed by atoms with E-state index in [-0.39, 0.29) is 23.0 Å². The fourth-order valence-corrected chi connectivity index (χ4v) is 3.19. The van der Waals surface area contributed by atoms with E-state index >= 15 is 0 Å². The lowest BCUT2D eigenvalue weighted by Gasteiger charge is -2.12. The number of ether oxygens (including phenoxy) is 1. The van der Waals surface area contributed by atoms with Gasteiger partial charge in [-0.15, -0.1) is 0 Å². The van der Waals surface area contributed by atoms with E-state index < -0.39 is 0 Å². The van der Waals surface area contributed by atoms with Crippen LogP contribution >= 0.6 is 12.2 Å². The highest BCUT2D eigenvalue weighted by Crippen LogP contribution is 2.13. The zero-order valence-corrected chi connectivity index (χ0v) is 16.5. The number of carbonyl (C=O) groups is 2. The third kappa shape index (κ3) is 5.37. The third-order valence-electron chi connectivity index (χ3n) is 4.54. The molecule has 2 aromatic rings. The molecule has 0 aliphatic carbocycles. The lowest BCUT2D eigenvalue weighted by molar-refractivity contribution is 0.0857. The molecule has 1 heterocycles. The van der Waals surface area contributed by atoms with Gasteiger partial charge in [0.05, 0.1) is 6.10 Å². The molecular weight excluding hydrogens is 374 g/mol. The van der Waals surface area contributed by atoms with E-state index in [9.17, 15) is 9.59 Å². The summed E-state index contributed by atoms with van der Waals surface area (Å²) < 4.78 is 5.50. The second kappa shape index (κ2) is 9.43. The van der Waals surface area contributed by atoms with Crippen molar-refractivity contribution in [2.24, 2.45) is 0 Å². The Morgan fingerprint density at radius 2 is 1.86 bits per heavy atom. The SMILES string of the molecule is Cc1ccccc1C(=O)NC(=S)Nc1ccc(C(=O)NC[C@@H]2CCCO2)cc1. The largest absolute Gasteiger partial charge is 0.376 e. The Bertz CT molecular complexity index is 861. The highest BCUT2D eigenvalue weighted by atomic mass is 32.1. The molecule has 2 aromatic carbocycles. The van der Waals surface area contributed by atoms with Crippen LogP contribution in [-0.4, -0.2) is 36.2 Å². The molecule has 0 aromatic heterocycles. The number of thiocarbonyl (C=S) groups is 1. The number of benzene rings is 2. The van der Waals surface area contributed by atoms with Crippen LogP contribution in [0.2, 0.25) is 0 Å². The minimum atomic E-state index is -0.263. The number of hydrogen-bond donors (Lipinski definition) is 3. The van der Waals surface area contributed by atoms with Gasteiger partial charge in [-0.3, -0.25) is 14.9 Å². The fourth-order valence-electron chi connectivity index (χ4n) is 2.98. The van der Waals surface area contributed by atoms with Crippen molar-refractivity contribution in [2.75, 3.05) is 18.5 Å². The summed E-state index contributed by atoms with van der Waals surface area (Å²) in [4.78, 5) is 24.5. The molecule has 2 amide bonds. The third-order valence-corrected chi connectivity index (χ3v) is 4.74. The highest BCUT2D eigenvalue weighted by Gasteiger charge is 2.16. The Labute approximate surface area is 169 Å². The maximum Gasteiger partial charge on any atom is 0.257 e. The summed E-state index contributed by atoms with van der Waals surface area (Å²) in [7, 11) is 0. The summed E-state index contributed by atoms with van der Waals surface area (Å²) in [6.45, 7) is 3.16. The molecule has 3 N–H and O–H groups in total. The van der Waals surface area contributed by atoms with Crippen molar-refractivity contribution in [1.29, 1.82) is 0 Å². The molecule has 6 nitrogen and oxygen atoms in total.